The van der Waals surface area contributed by atoms with Crippen molar-refractivity contribution in [1.82, 2.24) is 19.7 Å². The molecule has 0 bridgehead atoms. The van der Waals surface area contributed by atoms with E-state index in [4.69, 9.17) is 9.47 Å². The largest absolute Gasteiger partial charge is 0.497 e. The zero-order valence-corrected chi connectivity index (χ0v) is 18.6. The van der Waals surface area contributed by atoms with Crippen molar-refractivity contribution in [3.05, 3.63) is 64.6 Å². The molecule has 0 aliphatic heterocycles. The van der Waals surface area contributed by atoms with Gasteiger partial charge in [0.2, 0.25) is 5.91 Å². The van der Waals surface area contributed by atoms with Gasteiger partial charge < -0.3 is 19.4 Å². The number of aryl methyl sites for hydroxylation is 1. The molecule has 2 heterocycles. The summed E-state index contributed by atoms with van der Waals surface area (Å²) in [7, 11) is 4.79. The third-order valence-corrected chi connectivity index (χ3v) is 5.75. The highest BCUT2D eigenvalue weighted by molar-refractivity contribution is 6.08. The van der Waals surface area contributed by atoms with Crippen LogP contribution >= 0.6 is 0 Å². The highest BCUT2D eigenvalue weighted by Crippen LogP contribution is 2.31. The number of ether oxygens (including phenoxy) is 2. The molecule has 166 valence electrons. The molecule has 2 aromatic carbocycles. The Labute approximate surface area is 185 Å². The molecule has 32 heavy (non-hydrogen) atoms. The van der Waals surface area contributed by atoms with E-state index < -0.39 is 6.04 Å². The zero-order valence-electron chi connectivity index (χ0n) is 18.6. The van der Waals surface area contributed by atoms with Crippen LogP contribution in [0.5, 0.6) is 11.5 Å². The summed E-state index contributed by atoms with van der Waals surface area (Å²) in [5.74, 6) is 1.16. The Morgan fingerprint density at radius 3 is 2.62 bits per heavy atom. The lowest BCUT2D eigenvalue weighted by Gasteiger charge is -2.20. The maximum atomic E-state index is 13.4. The molecule has 0 aliphatic rings. The van der Waals surface area contributed by atoms with E-state index in [1.54, 1.807) is 39.6 Å². The van der Waals surface area contributed by atoms with Crippen molar-refractivity contribution < 1.29 is 14.3 Å². The summed E-state index contributed by atoms with van der Waals surface area (Å²) in [5, 5.41) is 8.82. The van der Waals surface area contributed by atoms with Crippen LogP contribution in [-0.2, 0) is 18.4 Å². The molecule has 4 aromatic rings. The van der Waals surface area contributed by atoms with E-state index in [1.165, 1.54) is 4.68 Å². The number of carbonyl (C=O) groups excluding carboxylic acids is 1. The first-order valence-corrected chi connectivity index (χ1v) is 10.4. The second kappa shape index (κ2) is 8.74. The number of fused-ring (bicyclic) bond motifs is 3. The molecule has 0 radical (unpaired) electrons. The van der Waals surface area contributed by atoms with E-state index >= 15 is 0 Å². The number of nitrogens with one attached hydrogen (secondary N) is 1. The number of hydrogen-bond acceptors (Lipinski definition) is 5. The quantitative estimate of drug-likeness (QED) is 0.483. The monoisotopic (exact) mass is 434 g/mol. The zero-order chi connectivity index (χ0) is 22.8. The maximum Gasteiger partial charge on any atom is 0.291 e. The van der Waals surface area contributed by atoms with Gasteiger partial charge in [-0.1, -0.05) is 25.1 Å². The van der Waals surface area contributed by atoms with Crippen LogP contribution in [0.15, 0.2) is 53.5 Å². The lowest BCUT2D eigenvalue weighted by atomic mass is 10.1. The minimum Gasteiger partial charge on any atom is -0.497 e. The van der Waals surface area contributed by atoms with Crippen molar-refractivity contribution >= 4 is 27.7 Å². The highest BCUT2D eigenvalue weighted by Gasteiger charge is 2.25. The first-order chi connectivity index (χ1) is 15.5. The average Bonchev–Trinajstić information content (AvgIpc) is 3.15. The molecule has 1 N–H and O–H groups in total. The minimum absolute atomic E-state index is 0.182. The Hall–Kier alpha value is -3.81. The number of methoxy groups -OCH3 is 2. The number of hydrogen-bond donors (Lipinski definition) is 1. The summed E-state index contributed by atoms with van der Waals surface area (Å²) in [6, 6.07) is 12.6. The van der Waals surface area contributed by atoms with E-state index in [-0.39, 0.29) is 18.0 Å². The Bertz CT molecular complexity index is 1360. The van der Waals surface area contributed by atoms with E-state index in [1.807, 2.05) is 41.8 Å². The molecule has 0 fully saturated rings. The van der Waals surface area contributed by atoms with Crippen molar-refractivity contribution in [3.63, 3.8) is 0 Å². The predicted molar refractivity (Wildman–Crippen MR) is 123 cm³/mol. The molecule has 8 nitrogen and oxygen atoms in total. The summed E-state index contributed by atoms with van der Waals surface area (Å²) in [6.45, 7) is 2.20. The van der Waals surface area contributed by atoms with Crippen LogP contribution in [0.25, 0.3) is 21.8 Å². The van der Waals surface area contributed by atoms with Crippen LogP contribution < -0.4 is 20.3 Å². The number of rotatable bonds is 7. The van der Waals surface area contributed by atoms with Gasteiger partial charge in [-0.3, -0.25) is 9.59 Å². The van der Waals surface area contributed by atoms with Crippen LogP contribution in [-0.4, -0.2) is 34.5 Å². The first-order valence-electron chi connectivity index (χ1n) is 10.4. The van der Waals surface area contributed by atoms with Crippen LogP contribution in [0.3, 0.4) is 0 Å². The minimum atomic E-state index is -0.566. The fourth-order valence-electron chi connectivity index (χ4n) is 4.12. The normalized spacial score (nSPS) is 12.1. The standard InChI is InChI=1S/C24H26N4O4/c1-5-19(23(29)25-13-15-12-16(31-3)10-11-21(15)32-4)28-20-9-7-6-8-17(20)18-14-26-27(2)24(30)22(18)28/h6-12,14,19H,5,13H2,1-4H3,(H,25,29)/t19-/m0/s1. The number of amides is 1. The van der Waals surface area contributed by atoms with Gasteiger partial charge in [0.15, 0.2) is 0 Å². The Morgan fingerprint density at radius 1 is 1.12 bits per heavy atom. The highest BCUT2D eigenvalue weighted by atomic mass is 16.5. The molecule has 0 saturated carbocycles. The third-order valence-electron chi connectivity index (χ3n) is 5.75. The maximum absolute atomic E-state index is 13.4. The van der Waals surface area contributed by atoms with Crippen molar-refractivity contribution in [2.24, 2.45) is 7.05 Å². The van der Waals surface area contributed by atoms with Gasteiger partial charge in [0.1, 0.15) is 23.1 Å². The number of nitrogens with zero attached hydrogens (tertiary/aromatic N) is 3. The number of para-hydroxylation sites is 1. The number of carbonyl (C=O) groups is 1. The molecule has 1 atom stereocenters. The molecule has 0 aliphatic carbocycles. The summed E-state index contributed by atoms with van der Waals surface area (Å²) >= 11 is 0. The second-order valence-corrected chi connectivity index (χ2v) is 7.54. The predicted octanol–water partition coefficient (Wildman–Crippen LogP) is 3.17. The smallest absolute Gasteiger partial charge is 0.291 e. The van der Waals surface area contributed by atoms with Crippen LogP contribution in [0, 0.1) is 0 Å². The molecular formula is C24H26N4O4. The summed E-state index contributed by atoms with van der Waals surface area (Å²) < 4.78 is 13.8. The summed E-state index contributed by atoms with van der Waals surface area (Å²) in [4.78, 5) is 26.4. The van der Waals surface area contributed by atoms with Crippen molar-refractivity contribution in [2.45, 2.75) is 25.9 Å². The third kappa shape index (κ3) is 3.57. The Kier molecular flexibility index (Phi) is 5.85. The van der Waals surface area contributed by atoms with Gasteiger partial charge in [0.25, 0.3) is 5.56 Å². The van der Waals surface area contributed by atoms with Crippen molar-refractivity contribution in [3.8, 4) is 11.5 Å². The number of aromatic nitrogens is 3. The Morgan fingerprint density at radius 2 is 1.91 bits per heavy atom. The lowest BCUT2D eigenvalue weighted by Crippen LogP contribution is -2.33. The van der Waals surface area contributed by atoms with Crippen LogP contribution in [0.4, 0.5) is 0 Å². The van der Waals surface area contributed by atoms with Crippen molar-refractivity contribution in [1.29, 1.82) is 0 Å². The topological polar surface area (TPSA) is 87.4 Å². The fourth-order valence-corrected chi connectivity index (χ4v) is 4.12. The number of benzene rings is 2. The molecule has 1 amide bonds. The molecule has 2 aromatic heterocycles. The molecule has 0 saturated heterocycles. The van der Waals surface area contributed by atoms with E-state index in [9.17, 15) is 9.59 Å². The first kappa shape index (κ1) is 21.4. The van der Waals surface area contributed by atoms with Gasteiger partial charge in [-0.05, 0) is 30.7 Å². The average molecular weight is 434 g/mol. The Balaban J connectivity index is 1.75. The summed E-state index contributed by atoms with van der Waals surface area (Å²) in [5.41, 5.74) is 1.87. The van der Waals surface area contributed by atoms with E-state index in [0.717, 1.165) is 21.9 Å². The fraction of sp³-hybridized carbons (Fsp3) is 0.292. The van der Waals surface area contributed by atoms with Gasteiger partial charge in [-0.25, -0.2) is 4.68 Å². The van der Waals surface area contributed by atoms with Gasteiger partial charge >= 0.3 is 0 Å². The van der Waals surface area contributed by atoms with Gasteiger partial charge in [0, 0.05) is 29.9 Å². The van der Waals surface area contributed by atoms with Gasteiger partial charge in [-0.2, -0.15) is 5.10 Å². The van der Waals surface area contributed by atoms with Crippen molar-refractivity contribution in [2.75, 3.05) is 14.2 Å². The molecule has 0 spiro atoms. The van der Waals surface area contributed by atoms with E-state index in [2.05, 4.69) is 10.4 Å². The molecule has 0 unspecified atom stereocenters. The van der Waals surface area contributed by atoms with Crippen LogP contribution in [0.2, 0.25) is 0 Å². The molecule has 8 heteroatoms. The lowest BCUT2D eigenvalue weighted by molar-refractivity contribution is -0.124. The second-order valence-electron chi connectivity index (χ2n) is 7.54. The van der Waals surface area contributed by atoms with Gasteiger partial charge in [-0.15, -0.1) is 0 Å². The van der Waals surface area contributed by atoms with E-state index in [0.29, 0.717) is 23.4 Å². The van der Waals surface area contributed by atoms with Gasteiger partial charge in [0.05, 0.1) is 25.9 Å². The molecular weight excluding hydrogens is 408 g/mol. The SMILES string of the molecule is CC[C@@H](C(=O)NCc1cc(OC)ccc1OC)n1c2ccccc2c2cnn(C)c(=O)c21. The molecule has 4 rings (SSSR count). The summed E-state index contributed by atoms with van der Waals surface area (Å²) in [6.07, 6.45) is 2.20. The van der Waals surface area contributed by atoms with Crippen LogP contribution in [0.1, 0.15) is 24.9 Å².